The van der Waals surface area contributed by atoms with Gasteiger partial charge in [-0.2, -0.15) is 0 Å². The number of hydrogen-bond donors (Lipinski definition) is 1. The summed E-state index contributed by atoms with van der Waals surface area (Å²) >= 11 is 0. The van der Waals surface area contributed by atoms with Crippen molar-refractivity contribution in [2.75, 3.05) is 32.8 Å². The standard InChI is InChI=1S/C18H28N2O/c1-2-17-12-19-18(16-6-4-3-5-7-16)14-20(17)13-15-8-10-21-11-9-15/h3-7,15,17-19H,2,8-14H2,1H3. The number of ether oxygens (including phenoxy) is 1. The van der Waals surface area contributed by atoms with E-state index in [1.165, 1.54) is 31.4 Å². The van der Waals surface area contributed by atoms with E-state index in [9.17, 15) is 0 Å². The SMILES string of the molecule is CCC1CNC(c2ccccc2)CN1CC1CCOCC1. The topological polar surface area (TPSA) is 24.5 Å². The minimum absolute atomic E-state index is 0.480. The van der Waals surface area contributed by atoms with Crippen LogP contribution < -0.4 is 5.32 Å². The number of rotatable bonds is 4. The van der Waals surface area contributed by atoms with Crippen LogP contribution in [0, 0.1) is 5.92 Å². The lowest BCUT2D eigenvalue weighted by Gasteiger charge is -2.42. The summed E-state index contributed by atoms with van der Waals surface area (Å²) in [5.74, 6) is 0.822. The zero-order chi connectivity index (χ0) is 14.5. The average Bonchev–Trinajstić information content (AvgIpc) is 2.56. The van der Waals surface area contributed by atoms with E-state index in [0.717, 1.165) is 32.2 Å². The largest absolute Gasteiger partial charge is 0.381 e. The number of nitrogens with zero attached hydrogens (tertiary/aromatic N) is 1. The summed E-state index contributed by atoms with van der Waals surface area (Å²) in [6.07, 6.45) is 3.70. The monoisotopic (exact) mass is 288 g/mol. The molecule has 3 rings (SSSR count). The first kappa shape index (κ1) is 15.0. The van der Waals surface area contributed by atoms with E-state index in [4.69, 9.17) is 4.74 Å². The molecule has 3 heteroatoms. The van der Waals surface area contributed by atoms with E-state index >= 15 is 0 Å². The lowest BCUT2D eigenvalue weighted by molar-refractivity contribution is 0.0348. The van der Waals surface area contributed by atoms with Gasteiger partial charge in [-0.1, -0.05) is 37.3 Å². The fraction of sp³-hybridized carbons (Fsp3) is 0.667. The highest BCUT2D eigenvalue weighted by atomic mass is 16.5. The molecule has 0 spiro atoms. The fourth-order valence-electron chi connectivity index (χ4n) is 3.65. The molecule has 0 aliphatic carbocycles. The van der Waals surface area contributed by atoms with Gasteiger partial charge in [0.1, 0.15) is 0 Å². The van der Waals surface area contributed by atoms with Crippen LogP contribution in [-0.4, -0.2) is 43.8 Å². The van der Waals surface area contributed by atoms with Crippen LogP contribution in [-0.2, 0) is 4.74 Å². The van der Waals surface area contributed by atoms with Crippen molar-refractivity contribution in [2.24, 2.45) is 5.92 Å². The minimum Gasteiger partial charge on any atom is -0.381 e. The summed E-state index contributed by atoms with van der Waals surface area (Å²) in [5, 5.41) is 3.74. The molecule has 2 aliphatic heterocycles. The maximum atomic E-state index is 5.50. The molecule has 0 amide bonds. The number of benzene rings is 1. The Bertz CT molecular complexity index is 416. The Labute approximate surface area is 128 Å². The van der Waals surface area contributed by atoms with Crippen LogP contribution >= 0.6 is 0 Å². The molecule has 2 unspecified atom stereocenters. The summed E-state index contributed by atoms with van der Waals surface area (Å²) in [6, 6.07) is 12.0. The molecule has 2 atom stereocenters. The Hall–Kier alpha value is -0.900. The van der Waals surface area contributed by atoms with Gasteiger partial charge in [0.2, 0.25) is 0 Å². The van der Waals surface area contributed by atoms with E-state index in [2.05, 4.69) is 47.5 Å². The molecule has 0 bridgehead atoms. The summed E-state index contributed by atoms with van der Waals surface area (Å²) in [7, 11) is 0. The van der Waals surface area contributed by atoms with Crippen molar-refractivity contribution >= 4 is 0 Å². The molecular formula is C18H28N2O. The highest BCUT2D eigenvalue weighted by Gasteiger charge is 2.29. The maximum absolute atomic E-state index is 5.50. The van der Waals surface area contributed by atoms with Gasteiger partial charge < -0.3 is 10.1 Å². The number of nitrogens with one attached hydrogen (secondary N) is 1. The molecule has 1 aromatic carbocycles. The van der Waals surface area contributed by atoms with Gasteiger partial charge in [-0.3, -0.25) is 4.90 Å². The Balaban J connectivity index is 1.64. The second-order valence-corrected chi connectivity index (χ2v) is 6.44. The van der Waals surface area contributed by atoms with Crippen molar-refractivity contribution in [3.63, 3.8) is 0 Å². The molecular weight excluding hydrogens is 260 g/mol. The van der Waals surface area contributed by atoms with E-state index in [1.54, 1.807) is 0 Å². The van der Waals surface area contributed by atoms with Crippen LogP contribution in [0.2, 0.25) is 0 Å². The Morgan fingerprint density at radius 1 is 1.19 bits per heavy atom. The van der Waals surface area contributed by atoms with E-state index in [-0.39, 0.29) is 0 Å². The zero-order valence-electron chi connectivity index (χ0n) is 13.1. The van der Waals surface area contributed by atoms with Gasteiger partial charge in [0.25, 0.3) is 0 Å². The van der Waals surface area contributed by atoms with Gasteiger partial charge in [0.05, 0.1) is 0 Å². The summed E-state index contributed by atoms with van der Waals surface area (Å²) in [5.41, 5.74) is 1.42. The van der Waals surface area contributed by atoms with Gasteiger partial charge in [0, 0.05) is 44.9 Å². The van der Waals surface area contributed by atoms with Gasteiger partial charge in [-0.05, 0) is 30.7 Å². The van der Waals surface area contributed by atoms with Crippen molar-refractivity contribution in [1.82, 2.24) is 10.2 Å². The maximum Gasteiger partial charge on any atom is 0.0469 e. The van der Waals surface area contributed by atoms with Gasteiger partial charge in [-0.15, -0.1) is 0 Å². The number of piperazine rings is 1. The van der Waals surface area contributed by atoms with Crippen LogP contribution in [0.5, 0.6) is 0 Å². The second-order valence-electron chi connectivity index (χ2n) is 6.44. The second kappa shape index (κ2) is 7.39. The van der Waals surface area contributed by atoms with Crippen molar-refractivity contribution in [3.8, 4) is 0 Å². The van der Waals surface area contributed by atoms with Crippen LogP contribution in [0.25, 0.3) is 0 Å². The molecule has 3 nitrogen and oxygen atoms in total. The van der Waals surface area contributed by atoms with Crippen molar-refractivity contribution in [1.29, 1.82) is 0 Å². The molecule has 2 saturated heterocycles. The van der Waals surface area contributed by atoms with Crippen LogP contribution in [0.1, 0.15) is 37.8 Å². The molecule has 21 heavy (non-hydrogen) atoms. The van der Waals surface area contributed by atoms with Crippen LogP contribution in [0.4, 0.5) is 0 Å². The molecule has 2 heterocycles. The fourth-order valence-corrected chi connectivity index (χ4v) is 3.65. The average molecular weight is 288 g/mol. The molecule has 116 valence electrons. The van der Waals surface area contributed by atoms with Crippen LogP contribution in [0.15, 0.2) is 30.3 Å². The third-order valence-electron chi connectivity index (χ3n) is 5.04. The Morgan fingerprint density at radius 2 is 1.95 bits per heavy atom. The third-order valence-corrected chi connectivity index (χ3v) is 5.04. The summed E-state index contributed by atoms with van der Waals surface area (Å²) in [6.45, 7) is 7.71. The molecule has 1 N–H and O–H groups in total. The van der Waals surface area contributed by atoms with Gasteiger partial charge in [0.15, 0.2) is 0 Å². The molecule has 0 saturated carbocycles. The lowest BCUT2D eigenvalue weighted by atomic mass is 9.95. The molecule has 2 fully saturated rings. The van der Waals surface area contributed by atoms with E-state index in [0.29, 0.717) is 12.1 Å². The third kappa shape index (κ3) is 3.85. The zero-order valence-corrected chi connectivity index (χ0v) is 13.1. The quantitative estimate of drug-likeness (QED) is 0.922. The molecule has 1 aromatic rings. The van der Waals surface area contributed by atoms with Crippen molar-refractivity contribution in [3.05, 3.63) is 35.9 Å². The molecule has 0 radical (unpaired) electrons. The number of hydrogen-bond acceptors (Lipinski definition) is 3. The van der Waals surface area contributed by atoms with Crippen molar-refractivity contribution in [2.45, 2.75) is 38.3 Å². The first-order valence-corrected chi connectivity index (χ1v) is 8.47. The highest BCUT2D eigenvalue weighted by Crippen LogP contribution is 2.24. The Kier molecular flexibility index (Phi) is 5.28. The first-order valence-electron chi connectivity index (χ1n) is 8.47. The normalized spacial score (nSPS) is 28.6. The predicted octanol–water partition coefficient (Wildman–Crippen LogP) is 2.84. The molecule has 2 aliphatic rings. The predicted molar refractivity (Wildman–Crippen MR) is 86.4 cm³/mol. The van der Waals surface area contributed by atoms with Crippen molar-refractivity contribution < 1.29 is 4.74 Å². The van der Waals surface area contributed by atoms with Gasteiger partial charge in [-0.25, -0.2) is 0 Å². The van der Waals surface area contributed by atoms with E-state index < -0.39 is 0 Å². The smallest absolute Gasteiger partial charge is 0.0469 e. The van der Waals surface area contributed by atoms with Gasteiger partial charge >= 0.3 is 0 Å². The van der Waals surface area contributed by atoms with Crippen LogP contribution in [0.3, 0.4) is 0 Å². The minimum atomic E-state index is 0.480. The Morgan fingerprint density at radius 3 is 2.67 bits per heavy atom. The first-order chi connectivity index (χ1) is 10.4. The lowest BCUT2D eigenvalue weighted by Crippen LogP contribution is -2.53. The summed E-state index contributed by atoms with van der Waals surface area (Å²) in [4.78, 5) is 2.73. The molecule has 0 aromatic heterocycles. The highest BCUT2D eigenvalue weighted by molar-refractivity contribution is 5.20. The summed E-state index contributed by atoms with van der Waals surface area (Å²) < 4.78 is 5.50. The van der Waals surface area contributed by atoms with E-state index in [1.807, 2.05) is 0 Å².